The molecule has 0 aliphatic carbocycles. The minimum Gasteiger partial charge on any atom is -0.493 e. The number of amides is 2. The first-order valence-corrected chi connectivity index (χ1v) is 9.99. The fraction of sp³-hybridized carbons (Fsp3) is 0.364. The minimum absolute atomic E-state index is 0.0546. The van der Waals surface area contributed by atoms with Gasteiger partial charge in [-0.3, -0.25) is 9.59 Å². The van der Waals surface area contributed by atoms with E-state index >= 15 is 0 Å². The third-order valence-corrected chi connectivity index (χ3v) is 5.24. The predicted molar refractivity (Wildman–Crippen MR) is 112 cm³/mol. The highest BCUT2D eigenvalue weighted by Crippen LogP contribution is 2.40. The summed E-state index contributed by atoms with van der Waals surface area (Å²) in [4.78, 5) is 29.2. The van der Waals surface area contributed by atoms with Gasteiger partial charge in [0.2, 0.25) is 11.7 Å². The highest BCUT2D eigenvalue weighted by atomic mass is 16.6. The standard InChI is InChI=1S/C22H25N3O5/c1-28-18-13-16(14-19-21(18)30-12-11-29-19)22(27)23-15-20(26)25-9-7-24(8-10-25)17-5-3-2-4-6-17/h2-6,13-14H,7-12,15H2,1H3,(H,23,27). The Hall–Kier alpha value is -3.42. The summed E-state index contributed by atoms with van der Waals surface area (Å²) in [6.07, 6.45) is 0. The zero-order valence-corrected chi connectivity index (χ0v) is 16.9. The molecule has 2 aromatic rings. The third-order valence-electron chi connectivity index (χ3n) is 5.24. The lowest BCUT2D eigenvalue weighted by Crippen LogP contribution is -2.51. The van der Waals surface area contributed by atoms with Gasteiger partial charge in [0.1, 0.15) is 13.2 Å². The Kier molecular flexibility index (Phi) is 5.92. The van der Waals surface area contributed by atoms with Crippen LogP contribution in [0.15, 0.2) is 42.5 Å². The SMILES string of the molecule is COc1cc(C(=O)NCC(=O)N2CCN(c3ccccc3)CC2)cc2c1OCCO2. The first-order valence-electron chi connectivity index (χ1n) is 9.99. The van der Waals surface area contributed by atoms with Crippen molar-refractivity contribution < 1.29 is 23.8 Å². The van der Waals surface area contributed by atoms with E-state index in [4.69, 9.17) is 14.2 Å². The Labute approximate surface area is 175 Å². The van der Waals surface area contributed by atoms with Crippen LogP contribution in [-0.4, -0.2) is 69.8 Å². The van der Waals surface area contributed by atoms with E-state index in [2.05, 4.69) is 22.3 Å². The molecule has 158 valence electrons. The molecule has 0 radical (unpaired) electrons. The average molecular weight is 411 g/mol. The van der Waals surface area contributed by atoms with E-state index in [9.17, 15) is 9.59 Å². The second-order valence-corrected chi connectivity index (χ2v) is 7.09. The molecule has 0 bridgehead atoms. The Morgan fingerprint density at radius 2 is 1.77 bits per heavy atom. The van der Waals surface area contributed by atoms with Crippen LogP contribution in [0.4, 0.5) is 5.69 Å². The van der Waals surface area contributed by atoms with Crippen molar-refractivity contribution in [1.29, 1.82) is 0 Å². The van der Waals surface area contributed by atoms with Crippen LogP contribution >= 0.6 is 0 Å². The van der Waals surface area contributed by atoms with Crippen molar-refractivity contribution in [2.24, 2.45) is 0 Å². The minimum atomic E-state index is -0.360. The second-order valence-electron chi connectivity index (χ2n) is 7.09. The van der Waals surface area contributed by atoms with Gasteiger partial charge in [-0.2, -0.15) is 0 Å². The number of nitrogens with zero attached hydrogens (tertiary/aromatic N) is 2. The van der Waals surface area contributed by atoms with Gasteiger partial charge in [-0.15, -0.1) is 0 Å². The summed E-state index contributed by atoms with van der Waals surface area (Å²) in [6.45, 7) is 3.57. The van der Waals surface area contributed by atoms with Crippen molar-refractivity contribution in [1.82, 2.24) is 10.2 Å². The lowest BCUT2D eigenvalue weighted by Gasteiger charge is -2.36. The summed E-state index contributed by atoms with van der Waals surface area (Å²) in [5.41, 5.74) is 1.52. The lowest BCUT2D eigenvalue weighted by atomic mass is 10.1. The van der Waals surface area contributed by atoms with Crippen LogP contribution in [0.25, 0.3) is 0 Å². The summed E-state index contributed by atoms with van der Waals surface area (Å²) in [5.74, 6) is 0.935. The molecule has 2 aliphatic rings. The molecule has 0 atom stereocenters. The molecular formula is C22H25N3O5. The summed E-state index contributed by atoms with van der Waals surface area (Å²) in [6, 6.07) is 13.3. The molecule has 0 unspecified atom stereocenters. The van der Waals surface area contributed by atoms with Gasteiger partial charge >= 0.3 is 0 Å². The lowest BCUT2D eigenvalue weighted by molar-refractivity contribution is -0.130. The molecule has 2 amide bonds. The van der Waals surface area contributed by atoms with E-state index in [0.29, 0.717) is 49.1 Å². The Balaban J connectivity index is 1.32. The van der Waals surface area contributed by atoms with Crippen molar-refractivity contribution in [3.8, 4) is 17.2 Å². The zero-order valence-electron chi connectivity index (χ0n) is 16.9. The summed E-state index contributed by atoms with van der Waals surface area (Å²) >= 11 is 0. The average Bonchev–Trinajstić information content (AvgIpc) is 2.82. The number of hydrogen-bond acceptors (Lipinski definition) is 6. The highest BCUT2D eigenvalue weighted by molar-refractivity contribution is 5.97. The van der Waals surface area contributed by atoms with Crippen molar-refractivity contribution in [3.63, 3.8) is 0 Å². The van der Waals surface area contributed by atoms with Crippen molar-refractivity contribution >= 4 is 17.5 Å². The summed E-state index contributed by atoms with van der Waals surface area (Å²) in [7, 11) is 1.51. The van der Waals surface area contributed by atoms with E-state index in [-0.39, 0.29) is 18.4 Å². The van der Waals surface area contributed by atoms with Crippen molar-refractivity contribution in [3.05, 3.63) is 48.0 Å². The first kappa shape index (κ1) is 19.9. The molecule has 8 nitrogen and oxygen atoms in total. The van der Waals surface area contributed by atoms with E-state index in [0.717, 1.165) is 18.8 Å². The van der Waals surface area contributed by atoms with Crippen LogP contribution in [0.1, 0.15) is 10.4 Å². The van der Waals surface area contributed by atoms with Gasteiger partial charge in [-0.1, -0.05) is 18.2 Å². The molecule has 4 rings (SSSR count). The second kappa shape index (κ2) is 8.94. The number of fused-ring (bicyclic) bond motifs is 1. The van der Waals surface area contributed by atoms with Crippen LogP contribution in [0, 0.1) is 0 Å². The number of rotatable bonds is 5. The fourth-order valence-electron chi connectivity index (χ4n) is 3.63. The number of benzene rings is 2. The number of hydrogen-bond donors (Lipinski definition) is 1. The topological polar surface area (TPSA) is 80.3 Å². The maximum atomic E-state index is 12.6. The molecule has 1 saturated heterocycles. The zero-order chi connectivity index (χ0) is 20.9. The molecule has 2 aromatic carbocycles. The molecule has 30 heavy (non-hydrogen) atoms. The predicted octanol–water partition coefficient (Wildman–Crippen LogP) is 1.54. The maximum Gasteiger partial charge on any atom is 0.251 e. The van der Waals surface area contributed by atoms with Crippen LogP contribution < -0.4 is 24.4 Å². The van der Waals surface area contributed by atoms with Gasteiger partial charge in [0.15, 0.2) is 11.5 Å². The highest BCUT2D eigenvalue weighted by Gasteiger charge is 2.23. The number of anilines is 1. The number of methoxy groups -OCH3 is 1. The Bertz CT molecular complexity index is 893. The van der Waals surface area contributed by atoms with Gasteiger partial charge in [-0.25, -0.2) is 0 Å². The number of carbonyl (C=O) groups is 2. The number of para-hydroxylation sites is 1. The van der Waals surface area contributed by atoms with E-state index in [1.54, 1.807) is 17.0 Å². The summed E-state index contributed by atoms with van der Waals surface area (Å²) < 4.78 is 16.4. The van der Waals surface area contributed by atoms with Crippen LogP contribution in [-0.2, 0) is 4.79 Å². The van der Waals surface area contributed by atoms with Gasteiger partial charge in [0.05, 0.1) is 13.7 Å². The largest absolute Gasteiger partial charge is 0.493 e. The van der Waals surface area contributed by atoms with E-state index < -0.39 is 0 Å². The first-order chi connectivity index (χ1) is 14.7. The molecule has 1 N–H and O–H groups in total. The summed E-state index contributed by atoms with van der Waals surface area (Å²) in [5, 5.41) is 2.70. The number of ether oxygens (including phenoxy) is 3. The van der Waals surface area contributed by atoms with Crippen LogP contribution in [0.2, 0.25) is 0 Å². The molecule has 0 spiro atoms. The van der Waals surface area contributed by atoms with Gasteiger partial charge in [0, 0.05) is 37.4 Å². The smallest absolute Gasteiger partial charge is 0.251 e. The van der Waals surface area contributed by atoms with Crippen molar-refractivity contribution in [2.45, 2.75) is 0 Å². The fourth-order valence-corrected chi connectivity index (χ4v) is 3.63. The molecule has 2 heterocycles. The third kappa shape index (κ3) is 4.27. The number of nitrogens with one attached hydrogen (secondary N) is 1. The van der Waals surface area contributed by atoms with Crippen LogP contribution in [0.3, 0.4) is 0 Å². The number of carbonyl (C=O) groups excluding carboxylic acids is 2. The van der Waals surface area contributed by atoms with E-state index in [1.165, 1.54) is 7.11 Å². The van der Waals surface area contributed by atoms with Gasteiger partial charge in [-0.05, 0) is 24.3 Å². The molecule has 1 fully saturated rings. The normalized spacial score (nSPS) is 15.5. The quantitative estimate of drug-likeness (QED) is 0.804. The monoisotopic (exact) mass is 411 g/mol. The Morgan fingerprint density at radius 1 is 1.03 bits per heavy atom. The number of piperazine rings is 1. The molecular weight excluding hydrogens is 386 g/mol. The van der Waals surface area contributed by atoms with Crippen molar-refractivity contribution in [2.75, 3.05) is 57.9 Å². The van der Waals surface area contributed by atoms with E-state index in [1.807, 2.05) is 18.2 Å². The van der Waals surface area contributed by atoms with Crippen LogP contribution in [0.5, 0.6) is 17.2 Å². The molecule has 2 aliphatic heterocycles. The molecule has 8 heteroatoms. The molecule has 0 aromatic heterocycles. The molecule has 0 saturated carbocycles. The maximum absolute atomic E-state index is 12.6. The Morgan fingerprint density at radius 3 is 2.50 bits per heavy atom. The van der Waals surface area contributed by atoms with Gasteiger partial charge < -0.3 is 29.3 Å². The van der Waals surface area contributed by atoms with Gasteiger partial charge in [0.25, 0.3) is 5.91 Å².